The molecule has 19 heavy (non-hydrogen) atoms. The Bertz CT molecular complexity index is 640. The number of Topliss-reactive ketones (excluding diaryl/α,β-unsaturated/α-hetero) is 1. The number of hydrogen-bond acceptors (Lipinski definition) is 2. The summed E-state index contributed by atoms with van der Waals surface area (Å²) < 4.78 is 7.37. The first kappa shape index (κ1) is 12.0. The maximum Gasteiger partial charge on any atom is 0.164 e. The standard InChI is InChI=1S/C16H17NO2/c1-11-10-12(19-2)6-7-14(11)17-9-8-13-15(17)4-3-5-16(13)18/h6-10H,3-5H2,1-2H3. The molecule has 0 atom stereocenters. The normalized spacial score (nSPS) is 14.3. The van der Waals surface area contributed by atoms with Gasteiger partial charge >= 0.3 is 0 Å². The van der Waals surface area contributed by atoms with Crippen molar-refractivity contribution in [1.82, 2.24) is 4.57 Å². The number of ketones is 1. The van der Waals surface area contributed by atoms with Crippen LogP contribution in [-0.4, -0.2) is 17.5 Å². The molecule has 0 fully saturated rings. The number of carbonyl (C=O) groups excluding carboxylic acids is 1. The fourth-order valence-corrected chi connectivity index (χ4v) is 2.78. The number of hydrogen-bond donors (Lipinski definition) is 0. The molecule has 0 unspecified atom stereocenters. The second kappa shape index (κ2) is 4.57. The molecule has 0 saturated heterocycles. The topological polar surface area (TPSA) is 31.2 Å². The molecule has 98 valence electrons. The Kier molecular flexibility index (Phi) is 2.90. The van der Waals surface area contributed by atoms with Gasteiger partial charge < -0.3 is 9.30 Å². The van der Waals surface area contributed by atoms with Crippen LogP contribution < -0.4 is 4.74 Å². The molecule has 0 N–H and O–H groups in total. The molecule has 1 aliphatic carbocycles. The number of ether oxygens (including phenoxy) is 1. The minimum atomic E-state index is 0.270. The quantitative estimate of drug-likeness (QED) is 0.824. The van der Waals surface area contributed by atoms with Crippen LogP contribution in [0.25, 0.3) is 5.69 Å². The van der Waals surface area contributed by atoms with Crippen LogP contribution in [0, 0.1) is 6.92 Å². The third-order valence-electron chi connectivity index (χ3n) is 3.77. The summed E-state index contributed by atoms with van der Waals surface area (Å²) in [7, 11) is 1.67. The summed E-state index contributed by atoms with van der Waals surface area (Å²) in [5.41, 5.74) is 4.30. The second-order valence-electron chi connectivity index (χ2n) is 4.98. The molecule has 0 bridgehead atoms. The van der Waals surface area contributed by atoms with Gasteiger partial charge in [0.25, 0.3) is 0 Å². The van der Waals surface area contributed by atoms with Crippen LogP contribution in [-0.2, 0) is 6.42 Å². The van der Waals surface area contributed by atoms with E-state index < -0.39 is 0 Å². The third-order valence-corrected chi connectivity index (χ3v) is 3.77. The van der Waals surface area contributed by atoms with Crippen LogP contribution in [0.4, 0.5) is 0 Å². The Hall–Kier alpha value is -2.03. The lowest BCUT2D eigenvalue weighted by atomic mass is 9.96. The number of aromatic nitrogens is 1. The highest BCUT2D eigenvalue weighted by atomic mass is 16.5. The van der Waals surface area contributed by atoms with Crippen LogP contribution in [0.5, 0.6) is 5.75 Å². The first-order chi connectivity index (χ1) is 9.20. The summed E-state index contributed by atoms with van der Waals surface area (Å²) in [6.45, 7) is 2.06. The molecule has 1 heterocycles. The summed E-state index contributed by atoms with van der Waals surface area (Å²) in [4.78, 5) is 11.9. The Morgan fingerprint density at radius 2 is 2.05 bits per heavy atom. The zero-order valence-corrected chi connectivity index (χ0v) is 11.3. The van der Waals surface area contributed by atoms with E-state index in [1.54, 1.807) is 7.11 Å². The SMILES string of the molecule is COc1ccc(-n2ccc3c2CCCC3=O)c(C)c1. The van der Waals surface area contributed by atoms with Gasteiger partial charge in [-0.15, -0.1) is 0 Å². The molecule has 0 radical (unpaired) electrons. The predicted octanol–water partition coefficient (Wildman–Crippen LogP) is 3.31. The van der Waals surface area contributed by atoms with Gasteiger partial charge in [-0.2, -0.15) is 0 Å². The van der Waals surface area contributed by atoms with Crippen LogP contribution in [0.1, 0.15) is 34.5 Å². The van der Waals surface area contributed by atoms with Crippen LogP contribution >= 0.6 is 0 Å². The number of aryl methyl sites for hydroxylation is 1. The van der Waals surface area contributed by atoms with Gasteiger partial charge in [0.2, 0.25) is 0 Å². The Morgan fingerprint density at radius 1 is 1.21 bits per heavy atom. The highest BCUT2D eigenvalue weighted by Crippen LogP contribution is 2.28. The van der Waals surface area contributed by atoms with E-state index >= 15 is 0 Å². The van der Waals surface area contributed by atoms with Crippen molar-refractivity contribution in [2.45, 2.75) is 26.2 Å². The molecule has 2 aromatic rings. The zero-order chi connectivity index (χ0) is 13.4. The Labute approximate surface area is 112 Å². The van der Waals surface area contributed by atoms with Gasteiger partial charge in [0.05, 0.1) is 7.11 Å². The average Bonchev–Trinajstić information content (AvgIpc) is 2.84. The summed E-state index contributed by atoms with van der Waals surface area (Å²) in [6.07, 6.45) is 4.60. The second-order valence-corrected chi connectivity index (χ2v) is 4.98. The molecule has 0 spiro atoms. The van der Waals surface area contributed by atoms with Crippen LogP contribution in [0.2, 0.25) is 0 Å². The molecule has 0 amide bonds. The fourth-order valence-electron chi connectivity index (χ4n) is 2.78. The van der Waals surface area contributed by atoms with E-state index in [1.807, 2.05) is 30.5 Å². The van der Waals surface area contributed by atoms with Crippen molar-refractivity contribution in [1.29, 1.82) is 0 Å². The number of fused-ring (bicyclic) bond motifs is 1. The summed E-state index contributed by atoms with van der Waals surface area (Å²) in [6, 6.07) is 7.97. The molecule has 1 aromatic carbocycles. The number of benzene rings is 1. The van der Waals surface area contributed by atoms with Crippen LogP contribution in [0.15, 0.2) is 30.5 Å². The van der Waals surface area contributed by atoms with Gasteiger partial charge in [-0.3, -0.25) is 4.79 Å². The number of rotatable bonds is 2. The largest absolute Gasteiger partial charge is 0.497 e. The van der Waals surface area contributed by atoms with Crippen molar-refractivity contribution in [2.24, 2.45) is 0 Å². The van der Waals surface area contributed by atoms with E-state index in [-0.39, 0.29) is 5.78 Å². The lowest BCUT2D eigenvalue weighted by Crippen LogP contribution is -2.12. The molecular weight excluding hydrogens is 238 g/mol. The molecule has 0 saturated carbocycles. The minimum Gasteiger partial charge on any atom is -0.497 e. The molecular formula is C16H17NO2. The van der Waals surface area contributed by atoms with Crippen LogP contribution in [0.3, 0.4) is 0 Å². The molecule has 3 heteroatoms. The van der Waals surface area contributed by atoms with Crippen molar-refractivity contribution in [2.75, 3.05) is 7.11 Å². The molecule has 1 aliphatic rings. The summed E-state index contributed by atoms with van der Waals surface area (Å²) in [5.74, 6) is 1.13. The van der Waals surface area contributed by atoms with Gasteiger partial charge in [-0.1, -0.05) is 0 Å². The number of carbonyl (C=O) groups is 1. The highest BCUT2D eigenvalue weighted by molar-refractivity contribution is 5.98. The lowest BCUT2D eigenvalue weighted by molar-refractivity contribution is 0.0972. The van der Waals surface area contributed by atoms with E-state index in [1.165, 1.54) is 0 Å². The Balaban J connectivity index is 2.10. The van der Waals surface area contributed by atoms with Crippen molar-refractivity contribution < 1.29 is 9.53 Å². The molecule has 3 rings (SSSR count). The first-order valence-corrected chi connectivity index (χ1v) is 6.59. The van der Waals surface area contributed by atoms with E-state index in [2.05, 4.69) is 11.5 Å². The maximum atomic E-state index is 11.9. The summed E-state index contributed by atoms with van der Waals surface area (Å²) >= 11 is 0. The monoisotopic (exact) mass is 255 g/mol. The predicted molar refractivity (Wildman–Crippen MR) is 74.3 cm³/mol. The molecule has 0 aliphatic heterocycles. The van der Waals surface area contributed by atoms with Gasteiger partial charge in [0.15, 0.2) is 5.78 Å². The molecule has 3 nitrogen and oxygen atoms in total. The van der Waals surface area contributed by atoms with E-state index in [0.29, 0.717) is 6.42 Å². The van der Waals surface area contributed by atoms with E-state index in [4.69, 9.17) is 4.74 Å². The van der Waals surface area contributed by atoms with Gasteiger partial charge in [0, 0.05) is 29.6 Å². The lowest BCUT2D eigenvalue weighted by Gasteiger charge is -2.17. The van der Waals surface area contributed by atoms with Gasteiger partial charge in [-0.05, 0) is 49.6 Å². The molecule has 1 aromatic heterocycles. The Morgan fingerprint density at radius 3 is 2.79 bits per heavy atom. The van der Waals surface area contributed by atoms with Gasteiger partial charge in [-0.25, -0.2) is 0 Å². The van der Waals surface area contributed by atoms with Crippen molar-refractivity contribution >= 4 is 5.78 Å². The van der Waals surface area contributed by atoms with Crippen molar-refractivity contribution in [3.8, 4) is 11.4 Å². The number of nitrogens with zero attached hydrogens (tertiary/aromatic N) is 1. The number of methoxy groups -OCH3 is 1. The fraction of sp³-hybridized carbons (Fsp3) is 0.312. The third kappa shape index (κ3) is 1.95. The van der Waals surface area contributed by atoms with Crippen molar-refractivity contribution in [3.63, 3.8) is 0 Å². The van der Waals surface area contributed by atoms with E-state index in [9.17, 15) is 4.79 Å². The average molecular weight is 255 g/mol. The summed E-state index contributed by atoms with van der Waals surface area (Å²) in [5, 5.41) is 0. The van der Waals surface area contributed by atoms with Crippen molar-refractivity contribution in [3.05, 3.63) is 47.3 Å². The first-order valence-electron chi connectivity index (χ1n) is 6.59. The van der Waals surface area contributed by atoms with E-state index in [0.717, 1.165) is 41.1 Å². The zero-order valence-electron chi connectivity index (χ0n) is 11.3. The van der Waals surface area contributed by atoms with Gasteiger partial charge in [0.1, 0.15) is 5.75 Å². The highest BCUT2D eigenvalue weighted by Gasteiger charge is 2.21. The maximum absolute atomic E-state index is 11.9. The smallest absolute Gasteiger partial charge is 0.164 e. The minimum absolute atomic E-state index is 0.270.